The van der Waals surface area contributed by atoms with E-state index in [2.05, 4.69) is 11.9 Å². The molecule has 1 N–H and O–H groups in total. The SMILES string of the molecule is C=C(CC(=O)c1ccc(OC)cc1)Nc1ccccc1OCC. The molecule has 2 aromatic carbocycles. The summed E-state index contributed by atoms with van der Waals surface area (Å²) < 4.78 is 10.6. The lowest BCUT2D eigenvalue weighted by Crippen LogP contribution is -2.07. The molecule has 0 bridgehead atoms. The Hall–Kier alpha value is -2.75. The van der Waals surface area contributed by atoms with Crippen molar-refractivity contribution in [3.8, 4) is 11.5 Å². The highest BCUT2D eigenvalue weighted by atomic mass is 16.5. The highest BCUT2D eigenvalue weighted by Crippen LogP contribution is 2.25. The Labute approximate surface area is 136 Å². The molecule has 4 nitrogen and oxygen atoms in total. The standard InChI is InChI=1S/C19H21NO3/c1-4-23-19-8-6-5-7-17(19)20-14(2)13-18(21)15-9-11-16(22-3)12-10-15/h5-12,20H,2,4,13H2,1,3H3. The summed E-state index contributed by atoms with van der Waals surface area (Å²) in [6.07, 6.45) is 0.215. The number of hydrogen-bond donors (Lipinski definition) is 1. The first-order valence-electron chi connectivity index (χ1n) is 7.48. The number of hydrogen-bond acceptors (Lipinski definition) is 4. The van der Waals surface area contributed by atoms with Gasteiger partial charge in [-0.25, -0.2) is 0 Å². The molecule has 2 rings (SSSR count). The summed E-state index contributed by atoms with van der Waals surface area (Å²) in [4.78, 5) is 12.3. The minimum Gasteiger partial charge on any atom is -0.497 e. The fourth-order valence-electron chi connectivity index (χ4n) is 2.16. The molecule has 0 saturated carbocycles. The van der Waals surface area contributed by atoms with E-state index in [0.717, 1.165) is 17.2 Å². The number of anilines is 1. The third kappa shape index (κ3) is 4.61. The molecule has 0 aliphatic carbocycles. The van der Waals surface area contributed by atoms with E-state index in [1.807, 2.05) is 31.2 Å². The van der Waals surface area contributed by atoms with Gasteiger partial charge >= 0.3 is 0 Å². The van der Waals surface area contributed by atoms with Gasteiger partial charge in [0.15, 0.2) is 5.78 Å². The fourth-order valence-corrected chi connectivity index (χ4v) is 2.16. The van der Waals surface area contributed by atoms with Crippen LogP contribution in [0.1, 0.15) is 23.7 Å². The average Bonchev–Trinajstić information content (AvgIpc) is 2.57. The van der Waals surface area contributed by atoms with E-state index in [4.69, 9.17) is 9.47 Å². The molecule has 120 valence electrons. The molecule has 0 spiro atoms. The summed E-state index contributed by atoms with van der Waals surface area (Å²) in [6.45, 7) is 6.45. The Morgan fingerprint density at radius 3 is 2.48 bits per heavy atom. The van der Waals surface area contributed by atoms with Gasteiger partial charge in [-0.3, -0.25) is 4.79 Å². The van der Waals surface area contributed by atoms with E-state index >= 15 is 0 Å². The Balaban J connectivity index is 2.00. The summed E-state index contributed by atoms with van der Waals surface area (Å²) in [6, 6.07) is 14.6. The summed E-state index contributed by atoms with van der Waals surface area (Å²) in [7, 11) is 1.60. The van der Waals surface area contributed by atoms with Gasteiger partial charge in [0.1, 0.15) is 11.5 Å². The molecule has 0 heterocycles. The van der Waals surface area contributed by atoms with E-state index in [-0.39, 0.29) is 12.2 Å². The van der Waals surface area contributed by atoms with Crippen molar-refractivity contribution in [2.45, 2.75) is 13.3 Å². The third-order valence-corrected chi connectivity index (χ3v) is 3.28. The van der Waals surface area contributed by atoms with Crippen LogP contribution in [0.4, 0.5) is 5.69 Å². The maximum Gasteiger partial charge on any atom is 0.168 e. The zero-order valence-electron chi connectivity index (χ0n) is 13.5. The van der Waals surface area contributed by atoms with Crippen LogP contribution in [0.5, 0.6) is 11.5 Å². The lowest BCUT2D eigenvalue weighted by molar-refractivity contribution is 0.0993. The predicted octanol–water partition coefficient (Wildman–Crippen LogP) is 4.29. The van der Waals surface area contributed by atoms with E-state index < -0.39 is 0 Å². The molecule has 0 aromatic heterocycles. The summed E-state index contributed by atoms with van der Waals surface area (Å²) in [5.74, 6) is 1.47. The van der Waals surface area contributed by atoms with E-state index in [1.54, 1.807) is 31.4 Å². The lowest BCUT2D eigenvalue weighted by atomic mass is 10.1. The highest BCUT2D eigenvalue weighted by Gasteiger charge is 2.10. The van der Waals surface area contributed by atoms with Crippen LogP contribution in [0, 0.1) is 0 Å². The second-order valence-electron chi connectivity index (χ2n) is 4.99. The number of carbonyl (C=O) groups excluding carboxylic acids is 1. The van der Waals surface area contributed by atoms with Crippen LogP contribution in [-0.2, 0) is 0 Å². The first-order valence-corrected chi connectivity index (χ1v) is 7.48. The van der Waals surface area contributed by atoms with Crippen molar-refractivity contribution < 1.29 is 14.3 Å². The largest absolute Gasteiger partial charge is 0.497 e. The Bertz CT molecular complexity index is 677. The molecule has 0 atom stereocenters. The molecule has 0 aliphatic rings. The van der Waals surface area contributed by atoms with Crippen molar-refractivity contribution in [2.24, 2.45) is 0 Å². The molecule has 0 unspecified atom stereocenters. The molecular weight excluding hydrogens is 290 g/mol. The molecule has 0 amide bonds. The summed E-state index contributed by atoms with van der Waals surface area (Å²) in [5.41, 5.74) is 2.06. The molecular formula is C19H21NO3. The number of benzene rings is 2. The van der Waals surface area contributed by atoms with Crippen LogP contribution in [0.25, 0.3) is 0 Å². The molecule has 0 fully saturated rings. The number of methoxy groups -OCH3 is 1. The normalized spacial score (nSPS) is 10.0. The molecule has 0 aliphatic heterocycles. The number of carbonyl (C=O) groups is 1. The van der Waals surface area contributed by atoms with Gasteiger partial charge in [-0.05, 0) is 43.3 Å². The van der Waals surface area contributed by atoms with Crippen LogP contribution in [0.2, 0.25) is 0 Å². The van der Waals surface area contributed by atoms with Crippen LogP contribution in [0.15, 0.2) is 60.8 Å². The number of ketones is 1. The molecule has 2 aromatic rings. The van der Waals surface area contributed by atoms with Crippen molar-refractivity contribution in [1.82, 2.24) is 0 Å². The number of rotatable bonds is 8. The fraction of sp³-hybridized carbons (Fsp3) is 0.211. The lowest BCUT2D eigenvalue weighted by Gasteiger charge is -2.13. The Morgan fingerprint density at radius 2 is 1.83 bits per heavy atom. The van der Waals surface area contributed by atoms with Crippen molar-refractivity contribution in [3.05, 3.63) is 66.4 Å². The van der Waals surface area contributed by atoms with Crippen molar-refractivity contribution >= 4 is 11.5 Å². The van der Waals surface area contributed by atoms with E-state index in [0.29, 0.717) is 17.9 Å². The smallest absolute Gasteiger partial charge is 0.168 e. The van der Waals surface area contributed by atoms with Gasteiger partial charge in [0.25, 0.3) is 0 Å². The molecule has 4 heteroatoms. The number of para-hydroxylation sites is 2. The molecule has 0 saturated heterocycles. The van der Waals surface area contributed by atoms with Crippen LogP contribution < -0.4 is 14.8 Å². The molecule has 23 heavy (non-hydrogen) atoms. The topological polar surface area (TPSA) is 47.6 Å². The quantitative estimate of drug-likeness (QED) is 0.739. The zero-order chi connectivity index (χ0) is 16.7. The summed E-state index contributed by atoms with van der Waals surface area (Å²) in [5, 5.41) is 3.15. The van der Waals surface area contributed by atoms with Gasteiger partial charge in [0.05, 0.1) is 25.8 Å². The van der Waals surface area contributed by atoms with Crippen molar-refractivity contribution in [3.63, 3.8) is 0 Å². The second-order valence-corrected chi connectivity index (χ2v) is 4.99. The van der Waals surface area contributed by atoms with Crippen molar-refractivity contribution in [2.75, 3.05) is 19.0 Å². The monoisotopic (exact) mass is 311 g/mol. The maximum atomic E-state index is 12.3. The van der Waals surface area contributed by atoms with Gasteiger partial charge in [-0.1, -0.05) is 18.7 Å². The minimum atomic E-state index is -0.000885. The minimum absolute atomic E-state index is 0.000885. The van der Waals surface area contributed by atoms with Gasteiger partial charge in [-0.15, -0.1) is 0 Å². The number of ether oxygens (including phenoxy) is 2. The first-order chi connectivity index (χ1) is 11.1. The first kappa shape index (κ1) is 16.6. The Kier molecular flexibility index (Phi) is 5.80. The van der Waals surface area contributed by atoms with Crippen molar-refractivity contribution in [1.29, 1.82) is 0 Å². The van der Waals surface area contributed by atoms with Crippen LogP contribution in [0.3, 0.4) is 0 Å². The van der Waals surface area contributed by atoms with Gasteiger partial charge < -0.3 is 14.8 Å². The predicted molar refractivity (Wildman–Crippen MR) is 92.3 cm³/mol. The van der Waals surface area contributed by atoms with Crippen LogP contribution in [-0.4, -0.2) is 19.5 Å². The number of allylic oxidation sites excluding steroid dienone is 1. The molecule has 0 radical (unpaired) electrons. The maximum absolute atomic E-state index is 12.3. The highest BCUT2D eigenvalue weighted by molar-refractivity contribution is 5.97. The van der Waals surface area contributed by atoms with E-state index in [9.17, 15) is 4.79 Å². The third-order valence-electron chi connectivity index (χ3n) is 3.28. The summed E-state index contributed by atoms with van der Waals surface area (Å²) >= 11 is 0. The Morgan fingerprint density at radius 1 is 1.13 bits per heavy atom. The zero-order valence-corrected chi connectivity index (χ0v) is 13.5. The second kappa shape index (κ2) is 8.03. The van der Waals surface area contributed by atoms with Crippen LogP contribution >= 0.6 is 0 Å². The average molecular weight is 311 g/mol. The number of Topliss-reactive ketones (excluding diaryl/α,β-unsaturated/α-hetero) is 1. The van der Waals surface area contributed by atoms with Gasteiger partial charge in [0, 0.05) is 11.3 Å². The van der Waals surface area contributed by atoms with Gasteiger partial charge in [-0.2, -0.15) is 0 Å². The van der Waals surface area contributed by atoms with Gasteiger partial charge in [0.2, 0.25) is 0 Å². The number of nitrogens with one attached hydrogen (secondary N) is 1. The van der Waals surface area contributed by atoms with E-state index in [1.165, 1.54) is 0 Å².